The van der Waals surface area contributed by atoms with Crippen molar-refractivity contribution < 1.29 is 19.0 Å². The molecule has 0 bridgehead atoms. The molecule has 140 valence electrons. The highest BCUT2D eigenvalue weighted by Crippen LogP contribution is 2.36. The minimum absolute atomic E-state index is 0.0851. The second kappa shape index (κ2) is 9.51. The lowest BCUT2D eigenvalue weighted by atomic mass is 10.1. The van der Waals surface area contributed by atoms with Crippen LogP contribution >= 0.6 is 11.6 Å². The average Bonchev–Trinajstić information content (AvgIpc) is 2.68. The summed E-state index contributed by atoms with van der Waals surface area (Å²) in [5, 5.41) is 12.4. The first-order valence-electron chi connectivity index (χ1n) is 8.10. The van der Waals surface area contributed by atoms with Gasteiger partial charge in [-0.1, -0.05) is 29.8 Å². The van der Waals surface area contributed by atoms with E-state index in [1.54, 1.807) is 18.2 Å². The number of amides is 1. The number of anilines is 1. The molecule has 0 aliphatic heterocycles. The number of hydrogen-bond acceptors (Lipinski definition) is 5. The van der Waals surface area contributed by atoms with E-state index in [9.17, 15) is 10.1 Å². The van der Waals surface area contributed by atoms with Crippen LogP contribution in [0, 0.1) is 11.3 Å². The molecule has 0 aliphatic rings. The molecule has 0 aromatic heterocycles. The predicted octanol–water partition coefficient (Wildman–Crippen LogP) is 4.30. The fourth-order valence-electron chi connectivity index (χ4n) is 2.34. The van der Waals surface area contributed by atoms with Crippen molar-refractivity contribution in [2.75, 3.05) is 26.1 Å². The second-order valence-corrected chi connectivity index (χ2v) is 5.69. The van der Waals surface area contributed by atoms with Crippen LogP contribution in [0.4, 0.5) is 5.69 Å². The molecule has 0 unspecified atom stereocenters. The number of rotatable bonds is 7. The zero-order valence-electron chi connectivity index (χ0n) is 15.2. The molecule has 0 saturated heterocycles. The second-order valence-electron chi connectivity index (χ2n) is 5.28. The molecule has 6 nitrogen and oxygen atoms in total. The van der Waals surface area contributed by atoms with Crippen LogP contribution in [0.2, 0.25) is 5.02 Å². The zero-order chi connectivity index (χ0) is 19.8. The van der Waals surface area contributed by atoms with Crippen LogP contribution in [0.25, 0.3) is 6.08 Å². The van der Waals surface area contributed by atoms with Gasteiger partial charge in [-0.25, -0.2) is 0 Å². The summed E-state index contributed by atoms with van der Waals surface area (Å²) in [5.74, 6) is 0.718. The maximum absolute atomic E-state index is 12.6. The zero-order valence-corrected chi connectivity index (χ0v) is 16.0. The summed E-state index contributed by atoms with van der Waals surface area (Å²) in [5.41, 5.74) is 0.882. The number of para-hydroxylation sites is 1. The monoisotopic (exact) mass is 386 g/mol. The Morgan fingerprint density at radius 3 is 2.52 bits per heavy atom. The quantitative estimate of drug-likeness (QED) is 0.566. The van der Waals surface area contributed by atoms with Crippen LogP contribution in [0.3, 0.4) is 0 Å². The number of nitrogens with one attached hydrogen (secondary N) is 1. The van der Waals surface area contributed by atoms with Gasteiger partial charge >= 0.3 is 0 Å². The topological polar surface area (TPSA) is 80.6 Å². The summed E-state index contributed by atoms with van der Waals surface area (Å²) in [7, 11) is 2.91. The Labute approximate surface area is 162 Å². The van der Waals surface area contributed by atoms with Crippen molar-refractivity contribution in [2.24, 2.45) is 0 Å². The SMILES string of the molecule is CCOc1ccccc1/C=C(\C#N)C(=O)Nc1cc(OC)c(Cl)cc1OC. The third kappa shape index (κ3) is 4.93. The van der Waals surface area contributed by atoms with Gasteiger partial charge in [-0.3, -0.25) is 4.79 Å². The summed E-state index contributed by atoms with van der Waals surface area (Å²) in [4.78, 5) is 12.6. The number of ether oxygens (including phenoxy) is 3. The lowest BCUT2D eigenvalue weighted by Gasteiger charge is -2.13. The summed E-state index contributed by atoms with van der Waals surface area (Å²) < 4.78 is 15.9. The van der Waals surface area contributed by atoms with Crippen LogP contribution in [0.15, 0.2) is 42.0 Å². The van der Waals surface area contributed by atoms with Gasteiger partial charge in [-0.05, 0) is 19.1 Å². The number of methoxy groups -OCH3 is 2. The molecule has 0 saturated carbocycles. The molecule has 0 spiro atoms. The van der Waals surface area contributed by atoms with Gasteiger partial charge in [0.15, 0.2) is 0 Å². The number of halogens is 1. The van der Waals surface area contributed by atoms with Crippen molar-refractivity contribution in [1.82, 2.24) is 0 Å². The minimum Gasteiger partial charge on any atom is -0.495 e. The smallest absolute Gasteiger partial charge is 0.266 e. The Hall–Kier alpha value is -3.17. The van der Waals surface area contributed by atoms with Gasteiger partial charge in [0, 0.05) is 17.7 Å². The molecular weight excluding hydrogens is 368 g/mol. The van der Waals surface area contributed by atoms with E-state index in [4.69, 9.17) is 25.8 Å². The Morgan fingerprint density at radius 1 is 1.19 bits per heavy atom. The van der Waals surface area contributed by atoms with Gasteiger partial charge in [0.1, 0.15) is 28.9 Å². The Balaban J connectivity index is 2.35. The molecule has 27 heavy (non-hydrogen) atoms. The Kier molecular flexibility index (Phi) is 7.09. The molecule has 0 aliphatic carbocycles. The van der Waals surface area contributed by atoms with Gasteiger partial charge in [0.2, 0.25) is 0 Å². The summed E-state index contributed by atoms with van der Waals surface area (Å²) in [6, 6.07) is 12.1. The van der Waals surface area contributed by atoms with Crippen LogP contribution in [0.1, 0.15) is 12.5 Å². The van der Waals surface area contributed by atoms with Crippen molar-refractivity contribution >= 4 is 29.3 Å². The standard InChI is InChI=1S/C20H19ClN2O4/c1-4-27-17-8-6-5-7-13(17)9-14(12-22)20(24)23-16-11-18(25-2)15(21)10-19(16)26-3/h5-11H,4H2,1-3H3,(H,23,24)/b14-9+. The lowest BCUT2D eigenvalue weighted by Crippen LogP contribution is -2.14. The number of carbonyl (C=O) groups is 1. The largest absolute Gasteiger partial charge is 0.495 e. The van der Waals surface area contributed by atoms with Crippen LogP contribution in [0.5, 0.6) is 17.2 Å². The maximum atomic E-state index is 12.6. The van der Waals surface area contributed by atoms with E-state index in [0.29, 0.717) is 40.1 Å². The van der Waals surface area contributed by atoms with Crippen molar-refractivity contribution in [3.8, 4) is 23.3 Å². The first-order valence-corrected chi connectivity index (χ1v) is 8.48. The van der Waals surface area contributed by atoms with E-state index in [0.717, 1.165) is 0 Å². The van der Waals surface area contributed by atoms with Gasteiger partial charge in [0.05, 0.1) is 31.5 Å². The van der Waals surface area contributed by atoms with Gasteiger partial charge in [0.25, 0.3) is 5.91 Å². The highest BCUT2D eigenvalue weighted by Gasteiger charge is 2.16. The van der Waals surface area contributed by atoms with Crippen molar-refractivity contribution in [1.29, 1.82) is 5.26 Å². The number of carbonyl (C=O) groups excluding carboxylic acids is 1. The van der Waals surface area contributed by atoms with Gasteiger partial charge in [-0.2, -0.15) is 5.26 Å². The van der Waals surface area contributed by atoms with Crippen molar-refractivity contribution in [3.63, 3.8) is 0 Å². The average molecular weight is 387 g/mol. The van der Waals surface area contributed by atoms with Crippen molar-refractivity contribution in [2.45, 2.75) is 6.92 Å². The van der Waals surface area contributed by atoms with Crippen LogP contribution < -0.4 is 19.5 Å². The summed E-state index contributed by atoms with van der Waals surface area (Å²) >= 11 is 6.07. The van der Waals surface area contributed by atoms with Gasteiger partial charge < -0.3 is 19.5 Å². The third-order valence-corrected chi connectivity index (χ3v) is 3.90. The lowest BCUT2D eigenvalue weighted by molar-refractivity contribution is -0.112. The molecule has 2 aromatic carbocycles. The van der Waals surface area contributed by atoms with Gasteiger partial charge in [-0.15, -0.1) is 0 Å². The van der Waals surface area contributed by atoms with E-state index in [-0.39, 0.29) is 5.57 Å². The molecule has 0 atom stereocenters. The molecule has 2 rings (SSSR count). The predicted molar refractivity (Wildman–Crippen MR) is 104 cm³/mol. The first-order chi connectivity index (χ1) is 13.0. The van der Waals surface area contributed by atoms with Crippen molar-refractivity contribution in [3.05, 3.63) is 52.6 Å². The highest BCUT2D eigenvalue weighted by atomic mass is 35.5. The molecule has 0 fully saturated rings. The Bertz CT molecular complexity index is 903. The fourth-order valence-corrected chi connectivity index (χ4v) is 2.57. The maximum Gasteiger partial charge on any atom is 0.266 e. The summed E-state index contributed by atoms with van der Waals surface area (Å²) in [6.07, 6.45) is 1.47. The number of nitrogens with zero attached hydrogens (tertiary/aromatic N) is 1. The van der Waals surface area contributed by atoms with Crippen LogP contribution in [-0.2, 0) is 4.79 Å². The molecule has 1 N–H and O–H groups in total. The van der Waals surface area contributed by atoms with E-state index < -0.39 is 5.91 Å². The normalized spacial score (nSPS) is 10.7. The number of benzene rings is 2. The molecule has 0 radical (unpaired) electrons. The molecule has 0 heterocycles. The van der Waals surface area contributed by atoms with E-state index in [1.807, 2.05) is 19.1 Å². The molecule has 1 amide bonds. The Morgan fingerprint density at radius 2 is 1.89 bits per heavy atom. The molecular formula is C20H19ClN2O4. The number of nitriles is 1. The fraction of sp³-hybridized carbons (Fsp3) is 0.200. The van der Waals surface area contributed by atoms with E-state index >= 15 is 0 Å². The number of hydrogen-bond donors (Lipinski definition) is 1. The minimum atomic E-state index is -0.591. The third-order valence-electron chi connectivity index (χ3n) is 3.61. The van der Waals surface area contributed by atoms with Crippen LogP contribution in [-0.4, -0.2) is 26.7 Å². The van der Waals surface area contributed by atoms with E-state index in [1.165, 1.54) is 32.4 Å². The summed E-state index contributed by atoms with van der Waals surface area (Å²) in [6.45, 7) is 2.33. The molecule has 7 heteroatoms. The molecule has 2 aromatic rings. The van der Waals surface area contributed by atoms with E-state index in [2.05, 4.69) is 5.32 Å². The first kappa shape index (κ1) is 20.1. The highest BCUT2D eigenvalue weighted by molar-refractivity contribution is 6.32.